The van der Waals surface area contributed by atoms with Crippen molar-refractivity contribution in [2.75, 3.05) is 13.2 Å². The molecule has 6 nitrogen and oxygen atoms in total. The van der Waals surface area contributed by atoms with Crippen LogP contribution in [0.2, 0.25) is 10.0 Å². The number of hydrogen-bond donors (Lipinski definition) is 4. The molecule has 2 aromatic carbocycles. The Morgan fingerprint density at radius 1 is 0.778 bits per heavy atom. The maximum atomic E-state index is 7.37. The predicted octanol–water partition coefficient (Wildman–Crippen LogP) is 4.22. The Morgan fingerprint density at radius 3 is 1.44 bits per heavy atom. The minimum atomic E-state index is -0.0365. The van der Waals surface area contributed by atoms with E-state index in [1.807, 2.05) is 0 Å². The number of unbranched alkanes of at least 4 members (excludes halogenated alkanes) is 1. The predicted molar refractivity (Wildman–Crippen MR) is 112 cm³/mol. The number of hydrogen-bond acceptors (Lipinski definition) is 4. The molecule has 0 bridgehead atoms. The average molecular weight is 432 g/mol. The van der Waals surface area contributed by atoms with Gasteiger partial charge in [-0.2, -0.15) is 0 Å². The summed E-state index contributed by atoms with van der Waals surface area (Å²) in [6.45, 7) is 0.971. The van der Waals surface area contributed by atoms with E-state index < -0.39 is 0 Å². The van der Waals surface area contributed by atoms with Crippen LogP contribution in [0.25, 0.3) is 0 Å². The zero-order valence-corrected chi connectivity index (χ0v) is 16.8. The Bertz CT molecular complexity index is 748. The fraction of sp³-hybridized carbons (Fsp3) is 0.222. The van der Waals surface area contributed by atoms with E-state index in [1.165, 1.54) is 0 Å². The smallest absolute Gasteiger partial charge is 0.137 e. The van der Waals surface area contributed by atoms with Gasteiger partial charge in [0.15, 0.2) is 0 Å². The van der Waals surface area contributed by atoms with E-state index in [-0.39, 0.29) is 24.1 Å². The molecular weight excluding hydrogens is 411 g/mol. The molecule has 27 heavy (non-hydrogen) atoms. The lowest BCUT2D eigenvalue weighted by Gasteiger charge is -2.11. The molecule has 0 atom stereocenters. The van der Waals surface area contributed by atoms with E-state index in [1.54, 1.807) is 36.4 Å². The molecule has 0 amide bonds. The fourth-order valence-electron chi connectivity index (χ4n) is 2.14. The normalized spacial score (nSPS) is 10.0. The lowest BCUT2D eigenvalue weighted by molar-refractivity contribution is 0.266. The number of ether oxygens (including phenoxy) is 2. The van der Waals surface area contributed by atoms with Crippen LogP contribution in [-0.4, -0.2) is 24.9 Å². The van der Waals surface area contributed by atoms with Crippen LogP contribution in [0.5, 0.6) is 11.5 Å². The molecule has 0 aliphatic rings. The van der Waals surface area contributed by atoms with Gasteiger partial charge in [-0.05, 0) is 49.2 Å². The highest BCUT2D eigenvalue weighted by Gasteiger charge is 2.06. The second-order valence-corrected chi connectivity index (χ2v) is 6.34. The minimum absolute atomic E-state index is 0. The molecule has 0 aliphatic carbocycles. The molecular formula is C18H21Cl3N4O2. The molecule has 0 heterocycles. The van der Waals surface area contributed by atoms with Gasteiger partial charge in [-0.25, -0.2) is 0 Å². The van der Waals surface area contributed by atoms with Crippen LogP contribution in [-0.2, 0) is 0 Å². The quantitative estimate of drug-likeness (QED) is 0.270. The standard InChI is InChI=1S/C18H20Cl2N4O2.ClH/c19-13-9-11(17(21)22)3-5-15(13)25-7-1-2-8-26-16-6-4-12(18(23)24)10-14(16)20;/h3-6,9-10H,1-2,7-8H2,(H3,21,22)(H3,23,24);1H. The van der Waals surface area contributed by atoms with Gasteiger partial charge < -0.3 is 20.9 Å². The SMILES string of the molecule is Cl.N=C(N)c1ccc(OCCCCOc2ccc(C(=N)N)cc2Cl)c(Cl)c1. The maximum Gasteiger partial charge on any atom is 0.137 e. The van der Waals surface area contributed by atoms with E-state index in [0.29, 0.717) is 45.9 Å². The summed E-state index contributed by atoms with van der Waals surface area (Å²) in [6, 6.07) is 10.0. The number of amidine groups is 2. The number of benzene rings is 2. The molecule has 2 rings (SSSR count). The van der Waals surface area contributed by atoms with Crippen LogP contribution >= 0.6 is 35.6 Å². The zero-order valence-electron chi connectivity index (χ0n) is 14.4. The Morgan fingerprint density at radius 2 is 1.15 bits per heavy atom. The molecule has 0 saturated carbocycles. The molecule has 0 aliphatic heterocycles. The first-order chi connectivity index (χ1) is 12.4. The summed E-state index contributed by atoms with van der Waals surface area (Å²) >= 11 is 12.2. The van der Waals surface area contributed by atoms with E-state index >= 15 is 0 Å². The average Bonchev–Trinajstić information content (AvgIpc) is 2.59. The van der Waals surface area contributed by atoms with E-state index in [0.717, 1.165) is 12.8 Å². The number of nitrogen functional groups attached to an aromatic ring is 2. The second kappa shape index (κ2) is 10.9. The van der Waals surface area contributed by atoms with Gasteiger partial charge in [0.25, 0.3) is 0 Å². The van der Waals surface area contributed by atoms with Gasteiger partial charge >= 0.3 is 0 Å². The Balaban J connectivity index is 0.00000364. The van der Waals surface area contributed by atoms with E-state index in [4.69, 9.17) is 55.0 Å². The Labute approximate surface area is 174 Å². The first kappa shape index (κ1) is 22.9. The molecule has 0 aromatic heterocycles. The van der Waals surface area contributed by atoms with Crippen molar-refractivity contribution in [3.05, 3.63) is 57.6 Å². The molecule has 0 radical (unpaired) electrons. The third-order valence-electron chi connectivity index (χ3n) is 3.54. The van der Waals surface area contributed by atoms with Crippen molar-refractivity contribution in [3.8, 4) is 11.5 Å². The second-order valence-electron chi connectivity index (χ2n) is 5.52. The maximum absolute atomic E-state index is 7.37. The molecule has 2 aromatic rings. The zero-order chi connectivity index (χ0) is 19.1. The summed E-state index contributed by atoms with van der Waals surface area (Å²) in [5.74, 6) is 1.04. The van der Waals surface area contributed by atoms with Crippen molar-refractivity contribution < 1.29 is 9.47 Å². The third-order valence-corrected chi connectivity index (χ3v) is 4.13. The topological polar surface area (TPSA) is 118 Å². The number of halogens is 3. The summed E-state index contributed by atoms with van der Waals surface area (Å²) in [6.07, 6.45) is 1.54. The molecule has 0 saturated heterocycles. The molecule has 0 unspecified atom stereocenters. The Kier molecular flexibility index (Phi) is 9.21. The minimum Gasteiger partial charge on any atom is -0.492 e. The van der Waals surface area contributed by atoms with E-state index in [2.05, 4.69) is 0 Å². The molecule has 9 heteroatoms. The van der Waals surface area contributed by atoms with Crippen molar-refractivity contribution >= 4 is 47.3 Å². The summed E-state index contributed by atoms with van der Waals surface area (Å²) in [4.78, 5) is 0. The first-order valence-electron chi connectivity index (χ1n) is 7.92. The highest BCUT2D eigenvalue weighted by Crippen LogP contribution is 2.26. The van der Waals surface area contributed by atoms with Crippen molar-refractivity contribution in [3.63, 3.8) is 0 Å². The van der Waals surface area contributed by atoms with E-state index in [9.17, 15) is 0 Å². The molecule has 0 spiro atoms. The van der Waals surface area contributed by atoms with Crippen LogP contribution in [0.15, 0.2) is 36.4 Å². The lowest BCUT2D eigenvalue weighted by Crippen LogP contribution is -2.11. The molecule has 0 fully saturated rings. The van der Waals surface area contributed by atoms with Crippen LogP contribution < -0.4 is 20.9 Å². The van der Waals surface area contributed by atoms with Crippen molar-refractivity contribution in [2.45, 2.75) is 12.8 Å². The van der Waals surface area contributed by atoms with Gasteiger partial charge in [-0.3, -0.25) is 10.8 Å². The largest absolute Gasteiger partial charge is 0.492 e. The molecule has 146 valence electrons. The monoisotopic (exact) mass is 430 g/mol. The van der Waals surface area contributed by atoms with Gasteiger partial charge in [-0.1, -0.05) is 23.2 Å². The Hall–Kier alpha value is -2.15. The summed E-state index contributed by atoms with van der Waals surface area (Å²) < 4.78 is 11.3. The van der Waals surface area contributed by atoms with Crippen LogP contribution in [0, 0.1) is 10.8 Å². The van der Waals surface area contributed by atoms with Gasteiger partial charge in [0.2, 0.25) is 0 Å². The van der Waals surface area contributed by atoms with Gasteiger partial charge in [0, 0.05) is 11.1 Å². The van der Waals surface area contributed by atoms with Crippen molar-refractivity contribution in [2.24, 2.45) is 11.5 Å². The fourth-order valence-corrected chi connectivity index (χ4v) is 2.61. The highest BCUT2D eigenvalue weighted by molar-refractivity contribution is 6.32. The van der Waals surface area contributed by atoms with Gasteiger partial charge in [0.1, 0.15) is 23.2 Å². The summed E-state index contributed by atoms with van der Waals surface area (Å²) in [5.41, 5.74) is 11.9. The van der Waals surface area contributed by atoms with Gasteiger partial charge in [0.05, 0.1) is 23.3 Å². The van der Waals surface area contributed by atoms with Crippen LogP contribution in [0.4, 0.5) is 0 Å². The third kappa shape index (κ3) is 6.82. The summed E-state index contributed by atoms with van der Waals surface area (Å²) in [5, 5.41) is 15.6. The van der Waals surface area contributed by atoms with Gasteiger partial charge in [-0.15, -0.1) is 12.4 Å². The lowest BCUT2D eigenvalue weighted by atomic mass is 10.2. The first-order valence-corrected chi connectivity index (χ1v) is 8.67. The number of nitrogens with two attached hydrogens (primary N) is 2. The molecule has 6 N–H and O–H groups in total. The van der Waals surface area contributed by atoms with Crippen LogP contribution in [0.1, 0.15) is 24.0 Å². The van der Waals surface area contributed by atoms with Crippen LogP contribution in [0.3, 0.4) is 0 Å². The van der Waals surface area contributed by atoms with Crippen molar-refractivity contribution in [1.29, 1.82) is 10.8 Å². The summed E-state index contributed by atoms with van der Waals surface area (Å²) in [7, 11) is 0. The number of rotatable bonds is 9. The number of nitrogens with one attached hydrogen (secondary N) is 2. The van der Waals surface area contributed by atoms with Crippen molar-refractivity contribution in [1.82, 2.24) is 0 Å². The highest BCUT2D eigenvalue weighted by atomic mass is 35.5.